The van der Waals surface area contributed by atoms with E-state index in [2.05, 4.69) is 54.7 Å². The minimum atomic E-state index is 0.414. The molecule has 0 aliphatic carbocycles. The summed E-state index contributed by atoms with van der Waals surface area (Å²) < 4.78 is 5.75. The van der Waals surface area contributed by atoms with Crippen LogP contribution in [0.25, 0.3) is 11.1 Å². The molecule has 0 saturated carbocycles. The van der Waals surface area contributed by atoms with Crippen LogP contribution in [0.1, 0.15) is 24.9 Å². The van der Waals surface area contributed by atoms with E-state index in [0.29, 0.717) is 6.04 Å². The summed E-state index contributed by atoms with van der Waals surface area (Å²) in [7, 11) is 0. The van der Waals surface area contributed by atoms with Gasteiger partial charge in [0.2, 0.25) is 0 Å². The van der Waals surface area contributed by atoms with Crippen LogP contribution in [0.4, 0.5) is 0 Å². The van der Waals surface area contributed by atoms with Crippen molar-refractivity contribution in [3.63, 3.8) is 0 Å². The number of benzene rings is 2. The molecular weight excluding hydrogens is 234 g/mol. The van der Waals surface area contributed by atoms with Crippen LogP contribution in [0.15, 0.2) is 48.5 Å². The van der Waals surface area contributed by atoms with E-state index in [-0.39, 0.29) is 0 Å². The first-order valence-corrected chi connectivity index (χ1v) is 6.94. The lowest BCUT2D eigenvalue weighted by atomic mass is 9.95. The fourth-order valence-corrected chi connectivity index (χ4v) is 2.66. The monoisotopic (exact) mass is 253 g/mol. The topological polar surface area (TPSA) is 21.3 Å². The highest BCUT2D eigenvalue weighted by molar-refractivity contribution is 5.66. The lowest BCUT2D eigenvalue weighted by Crippen LogP contribution is -2.26. The number of fused-ring (bicyclic) bond motifs is 1. The zero-order valence-corrected chi connectivity index (χ0v) is 11.2. The second-order valence-corrected chi connectivity index (χ2v) is 4.87. The molecule has 0 spiro atoms. The standard InChI is InChI=1S/C17H19NO/c1-2-18-16-10-11-19-17-9-8-14(12-15(16)17)13-6-4-3-5-7-13/h3-9,12,16,18H,2,10-11H2,1H3. The van der Waals surface area contributed by atoms with Crippen LogP contribution in [0, 0.1) is 0 Å². The second-order valence-electron chi connectivity index (χ2n) is 4.87. The molecule has 1 N–H and O–H groups in total. The highest BCUT2D eigenvalue weighted by Crippen LogP contribution is 2.35. The first kappa shape index (κ1) is 12.2. The molecular formula is C17H19NO. The van der Waals surface area contributed by atoms with Gasteiger partial charge in [-0.3, -0.25) is 0 Å². The van der Waals surface area contributed by atoms with Crippen LogP contribution in [0.3, 0.4) is 0 Å². The first-order valence-electron chi connectivity index (χ1n) is 6.94. The Morgan fingerprint density at radius 1 is 1.11 bits per heavy atom. The Bertz CT molecular complexity index is 550. The Kier molecular flexibility index (Phi) is 3.51. The molecule has 1 unspecified atom stereocenters. The Labute approximate surface area is 114 Å². The SMILES string of the molecule is CCNC1CCOc2ccc(-c3ccccc3)cc21. The van der Waals surface area contributed by atoms with Crippen LogP contribution in [0.5, 0.6) is 5.75 Å². The van der Waals surface area contributed by atoms with Crippen molar-refractivity contribution >= 4 is 0 Å². The maximum Gasteiger partial charge on any atom is 0.124 e. The van der Waals surface area contributed by atoms with Gasteiger partial charge in [0.25, 0.3) is 0 Å². The third kappa shape index (κ3) is 2.49. The van der Waals surface area contributed by atoms with Gasteiger partial charge in [-0.2, -0.15) is 0 Å². The van der Waals surface area contributed by atoms with Crippen LogP contribution < -0.4 is 10.1 Å². The van der Waals surface area contributed by atoms with E-state index in [9.17, 15) is 0 Å². The van der Waals surface area contributed by atoms with Crippen LogP contribution >= 0.6 is 0 Å². The van der Waals surface area contributed by atoms with Crippen molar-refractivity contribution < 1.29 is 4.74 Å². The van der Waals surface area contributed by atoms with Crippen molar-refractivity contribution in [1.82, 2.24) is 5.32 Å². The lowest BCUT2D eigenvalue weighted by Gasteiger charge is -2.27. The average molecular weight is 253 g/mol. The van der Waals surface area contributed by atoms with E-state index in [1.54, 1.807) is 0 Å². The molecule has 1 aliphatic rings. The molecule has 2 nitrogen and oxygen atoms in total. The average Bonchev–Trinajstić information content (AvgIpc) is 2.48. The third-order valence-electron chi connectivity index (χ3n) is 3.61. The number of hydrogen-bond acceptors (Lipinski definition) is 2. The summed E-state index contributed by atoms with van der Waals surface area (Å²) in [6, 6.07) is 17.4. The van der Waals surface area contributed by atoms with Gasteiger partial charge in [0.1, 0.15) is 5.75 Å². The number of nitrogens with one attached hydrogen (secondary N) is 1. The zero-order chi connectivity index (χ0) is 13.1. The fourth-order valence-electron chi connectivity index (χ4n) is 2.66. The van der Waals surface area contributed by atoms with Crippen LogP contribution in [-0.2, 0) is 0 Å². The summed E-state index contributed by atoms with van der Waals surface area (Å²) in [6.45, 7) is 3.94. The Balaban J connectivity index is 2.00. The van der Waals surface area contributed by atoms with E-state index < -0.39 is 0 Å². The largest absolute Gasteiger partial charge is 0.493 e. The molecule has 1 atom stereocenters. The molecule has 98 valence electrons. The summed E-state index contributed by atoms with van der Waals surface area (Å²) in [6.07, 6.45) is 1.04. The normalized spacial score (nSPS) is 17.6. The Hall–Kier alpha value is -1.80. The van der Waals surface area contributed by atoms with Crippen LogP contribution in [-0.4, -0.2) is 13.2 Å². The summed E-state index contributed by atoms with van der Waals surface area (Å²) >= 11 is 0. The molecule has 1 heterocycles. The Morgan fingerprint density at radius 2 is 1.95 bits per heavy atom. The molecule has 3 rings (SSSR count). The van der Waals surface area contributed by atoms with Gasteiger partial charge in [-0.1, -0.05) is 43.3 Å². The smallest absolute Gasteiger partial charge is 0.124 e. The molecule has 0 bridgehead atoms. The van der Waals surface area contributed by atoms with Crippen LogP contribution in [0.2, 0.25) is 0 Å². The first-order chi connectivity index (χ1) is 9.38. The second kappa shape index (κ2) is 5.45. The summed E-state index contributed by atoms with van der Waals surface area (Å²) in [5.74, 6) is 1.02. The summed E-state index contributed by atoms with van der Waals surface area (Å²) in [4.78, 5) is 0. The van der Waals surface area contributed by atoms with E-state index in [4.69, 9.17) is 4.74 Å². The highest BCUT2D eigenvalue weighted by Gasteiger charge is 2.20. The maximum absolute atomic E-state index is 5.75. The van der Waals surface area contributed by atoms with Gasteiger partial charge in [0.15, 0.2) is 0 Å². The quantitative estimate of drug-likeness (QED) is 0.898. The van der Waals surface area contributed by atoms with Gasteiger partial charge in [-0.15, -0.1) is 0 Å². The van der Waals surface area contributed by atoms with Gasteiger partial charge in [0, 0.05) is 18.0 Å². The summed E-state index contributed by atoms with van der Waals surface area (Å²) in [5.41, 5.74) is 3.80. The van der Waals surface area contributed by atoms with E-state index >= 15 is 0 Å². The molecule has 2 heteroatoms. The van der Waals surface area contributed by atoms with Crippen molar-refractivity contribution in [2.75, 3.05) is 13.2 Å². The predicted octanol–water partition coefficient (Wildman–Crippen LogP) is 3.79. The molecule has 19 heavy (non-hydrogen) atoms. The highest BCUT2D eigenvalue weighted by atomic mass is 16.5. The molecule has 2 aromatic rings. The Morgan fingerprint density at radius 3 is 2.74 bits per heavy atom. The summed E-state index contributed by atoms with van der Waals surface area (Å²) in [5, 5.41) is 3.54. The number of hydrogen-bond donors (Lipinski definition) is 1. The van der Waals surface area contributed by atoms with Crippen molar-refractivity contribution in [2.24, 2.45) is 0 Å². The molecule has 0 amide bonds. The van der Waals surface area contributed by atoms with Gasteiger partial charge in [0.05, 0.1) is 6.61 Å². The predicted molar refractivity (Wildman–Crippen MR) is 78.4 cm³/mol. The molecule has 0 aromatic heterocycles. The molecule has 0 saturated heterocycles. The van der Waals surface area contributed by atoms with Crippen molar-refractivity contribution in [3.05, 3.63) is 54.1 Å². The van der Waals surface area contributed by atoms with Crippen molar-refractivity contribution in [2.45, 2.75) is 19.4 Å². The van der Waals surface area contributed by atoms with Crippen molar-refractivity contribution in [3.8, 4) is 16.9 Å². The van der Waals surface area contributed by atoms with E-state index in [1.165, 1.54) is 16.7 Å². The minimum absolute atomic E-state index is 0.414. The van der Waals surface area contributed by atoms with Gasteiger partial charge < -0.3 is 10.1 Å². The van der Waals surface area contributed by atoms with Gasteiger partial charge >= 0.3 is 0 Å². The number of ether oxygens (including phenoxy) is 1. The lowest BCUT2D eigenvalue weighted by molar-refractivity contribution is 0.254. The van der Waals surface area contributed by atoms with Crippen molar-refractivity contribution in [1.29, 1.82) is 0 Å². The van der Waals surface area contributed by atoms with Gasteiger partial charge in [-0.05, 0) is 29.8 Å². The van der Waals surface area contributed by atoms with E-state index in [0.717, 1.165) is 25.3 Å². The molecule has 2 aromatic carbocycles. The molecule has 1 aliphatic heterocycles. The fraction of sp³-hybridized carbons (Fsp3) is 0.294. The third-order valence-corrected chi connectivity index (χ3v) is 3.61. The number of rotatable bonds is 3. The van der Waals surface area contributed by atoms with E-state index in [1.807, 2.05) is 6.07 Å². The minimum Gasteiger partial charge on any atom is -0.493 e. The molecule has 0 fully saturated rings. The van der Waals surface area contributed by atoms with Gasteiger partial charge in [-0.25, -0.2) is 0 Å². The maximum atomic E-state index is 5.75. The molecule has 0 radical (unpaired) electrons. The zero-order valence-electron chi connectivity index (χ0n) is 11.2.